The third-order valence-electron chi connectivity index (χ3n) is 2.73. The number of hydrogen-bond acceptors (Lipinski definition) is 2. The monoisotopic (exact) mass is 242 g/mol. The quantitative estimate of drug-likeness (QED) is 0.813. The number of rotatable bonds is 3. The van der Waals surface area contributed by atoms with Crippen LogP contribution in [0, 0.1) is 13.8 Å². The van der Waals surface area contributed by atoms with Gasteiger partial charge in [0.05, 0.1) is 0 Å². The number of aromatic amines is 1. The summed E-state index contributed by atoms with van der Waals surface area (Å²) in [5, 5.41) is 2.82. The van der Waals surface area contributed by atoms with Gasteiger partial charge in [0.1, 0.15) is 5.69 Å². The standard InChI is InChI=1S/C14H14N2O2/c1-9-3-4-10(2)12(5-9)16-14(18)13-6-11(8-17)7-15-13/h3-8,15H,1-2H3,(H,16,18). The van der Waals surface area contributed by atoms with Gasteiger partial charge >= 0.3 is 0 Å². The minimum atomic E-state index is -0.253. The molecule has 18 heavy (non-hydrogen) atoms. The summed E-state index contributed by atoms with van der Waals surface area (Å²) < 4.78 is 0. The molecule has 2 N–H and O–H groups in total. The van der Waals surface area contributed by atoms with Crippen LogP contribution in [-0.4, -0.2) is 17.2 Å². The Morgan fingerprint density at radius 2 is 2.06 bits per heavy atom. The van der Waals surface area contributed by atoms with Crippen molar-refractivity contribution in [2.24, 2.45) is 0 Å². The summed E-state index contributed by atoms with van der Waals surface area (Å²) in [5.41, 5.74) is 3.69. The first-order chi connectivity index (χ1) is 8.60. The number of hydrogen-bond donors (Lipinski definition) is 2. The maximum absolute atomic E-state index is 11.9. The molecule has 0 aliphatic carbocycles. The smallest absolute Gasteiger partial charge is 0.272 e. The molecule has 1 heterocycles. The van der Waals surface area contributed by atoms with E-state index in [4.69, 9.17) is 0 Å². The van der Waals surface area contributed by atoms with Crippen molar-refractivity contribution < 1.29 is 9.59 Å². The molecule has 0 fully saturated rings. The normalized spacial score (nSPS) is 10.1. The highest BCUT2D eigenvalue weighted by Crippen LogP contribution is 2.17. The van der Waals surface area contributed by atoms with E-state index in [2.05, 4.69) is 10.3 Å². The average molecular weight is 242 g/mol. The summed E-state index contributed by atoms with van der Waals surface area (Å²) in [5.74, 6) is -0.253. The van der Waals surface area contributed by atoms with Gasteiger partial charge in [0, 0.05) is 17.4 Å². The zero-order valence-electron chi connectivity index (χ0n) is 10.3. The Kier molecular flexibility index (Phi) is 3.28. The largest absolute Gasteiger partial charge is 0.356 e. The molecule has 4 nitrogen and oxygen atoms in total. The summed E-state index contributed by atoms with van der Waals surface area (Å²) in [6, 6.07) is 7.38. The van der Waals surface area contributed by atoms with E-state index in [-0.39, 0.29) is 5.91 Å². The van der Waals surface area contributed by atoms with Crippen molar-refractivity contribution in [2.75, 3.05) is 5.32 Å². The number of benzene rings is 1. The summed E-state index contributed by atoms with van der Waals surface area (Å²) in [6.45, 7) is 3.90. The first-order valence-electron chi connectivity index (χ1n) is 5.62. The molecule has 0 saturated heterocycles. The van der Waals surface area contributed by atoms with Gasteiger partial charge in [-0.15, -0.1) is 0 Å². The highest BCUT2D eigenvalue weighted by molar-refractivity contribution is 6.04. The second-order valence-corrected chi connectivity index (χ2v) is 4.24. The summed E-state index contributed by atoms with van der Waals surface area (Å²) in [7, 11) is 0. The van der Waals surface area contributed by atoms with Gasteiger partial charge in [0.2, 0.25) is 0 Å². The molecule has 4 heteroatoms. The van der Waals surface area contributed by atoms with Crippen molar-refractivity contribution in [3.63, 3.8) is 0 Å². The van der Waals surface area contributed by atoms with E-state index in [0.717, 1.165) is 16.8 Å². The second kappa shape index (κ2) is 4.87. The number of carbonyl (C=O) groups is 2. The van der Waals surface area contributed by atoms with E-state index in [1.165, 1.54) is 12.3 Å². The molecule has 0 aliphatic rings. The molecule has 0 spiro atoms. The number of aryl methyl sites for hydroxylation is 2. The van der Waals surface area contributed by atoms with Crippen molar-refractivity contribution >= 4 is 17.9 Å². The van der Waals surface area contributed by atoms with E-state index in [1.807, 2.05) is 32.0 Å². The minimum Gasteiger partial charge on any atom is -0.356 e. The Hall–Kier alpha value is -2.36. The zero-order valence-corrected chi connectivity index (χ0v) is 10.3. The van der Waals surface area contributed by atoms with E-state index in [9.17, 15) is 9.59 Å². The van der Waals surface area contributed by atoms with Crippen LogP contribution in [0.3, 0.4) is 0 Å². The van der Waals surface area contributed by atoms with Gasteiger partial charge in [0.15, 0.2) is 6.29 Å². The Balaban J connectivity index is 2.20. The maximum Gasteiger partial charge on any atom is 0.272 e. The van der Waals surface area contributed by atoms with Crippen molar-refractivity contribution in [1.82, 2.24) is 4.98 Å². The molecule has 0 bridgehead atoms. The van der Waals surface area contributed by atoms with Crippen LogP contribution in [0.25, 0.3) is 0 Å². The van der Waals surface area contributed by atoms with E-state index in [1.54, 1.807) is 0 Å². The van der Waals surface area contributed by atoms with Crippen LogP contribution in [0.15, 0.2) is 30.5 Å². The lowest BCUT2D eigenvalue weighted by Crippen LogP contribution is -2.13. The molecule has 0 saturated carbocycles. The number of carbonyl (C=O) groups excluding carboxylic acids is 2. The van der Waals surface area contributed by atoms with Gasteiger partial charge in [-0.3, -0.25) is 9.59 Å². The molecule has 2 aromatic rings. The fourth-order valence-corrected chi connectivity index (χ4v) is 1.67. The number of aromatic nitrogens is 1. The maximum atomic E-state index is 11.9. The van der Waals surface area contributed by atoms with Gasteiger partial charge in [0.25, 0.3) is 5.91 Å². The van der Waals surface area contributed by atoms with Crippen molar-refractivity contribution in [3.8, 4) is 0 Å². The second-order valence-electron chi connectivity index (χ2n) is 4.24. The van der Waals surface area contributed by atoms with Gasteiger partial charge in [-0.25, -0.2) is 0 Å². The third-order valence-corrected chi connectivity index (χ3v) is 2.73. The molecule has 1 aromatic heterocycles. The predicted molar refractivity (Wildman–Crippen MR) is 70.0 cm³/mol. The lowest BCUT2D eigenvalue weighted by molar-refractivity contribution is 0.102. The molecule has 1 amide bonds. The number of nitrogens with one attached hydrogen (secondary N) is 2. The van der Waals surface area contributed by atoms with E-state index in [0.29, 0.717) is 17.5 Å². The van der Waals surface area contributed by atoms with Crippen LogP contribution in [0.4, 0.5) is 5.69 Å². The Bertz CT molecular complexity index is 600. The number of H-pyrrole nitrogens is 1. The molecule has 1 aromatic carbocycles. The number of anilines is 1. The lowest BCUT2D eigenvalue weighted by Gasteiger charge is -2.08. The molecular formula is C14H14N2O2. The van der Waals surface area contributed by atoms with Gasteiger partial charge < -0.3 is 10.3 Å². The Morgan fingerprint density at radius 1 is 1.28 bits per heavy atom. The number of aldehydes is 1. The molecule has 0 aliphatic heterocycles. The predicted octanol–water partition coefficient (Wildman–Crippen LogP) is 2.70. The highest BCUT2D eigenvalue weighted by Gasteiger charge is 2.10. The zero-order chi connectivity index (χ0) is 13.1. The van der Waals surface area contributed by atoms with Crippen LogP contribution >= 0.6 is 0 Å². The molecular weight excluding hydrogens is 228 g/mol. The fraction of sp³-hybridized carbons (Fsp3) is 0.143. The van der Waals surface area contributed by atoms with Crippen LogP contribution in [0.2, 0.25) is 0 Å². The average Bonchev–Trinajstić information content (AvgIpc) is 2.82. The third kappa shape index (κ3) is 2.48. The highest BCUT2D eigenvalue weighted by atomic mass is 16.2. The molecule has 0 atom stereocenters. The molecule has 0 unspecified atom stereocenters. The Labute approximate surface area is 105 Å². The summed E-state index contributed by atoms with van der Waals surface area (Å²) in [6.07, 6.45) is 2.20. The van der Waals surface area contributed by atoms with E-state index >= 15 is 0 Å². The molecule has 2 rings (SSSR count). The SMILES string of the molecule is Cc1ccc(C)c(NC(=O)c2cc(C=O)c[nH]2)c1. The fourth-order valence-electron chi connectivity index (χ4n) is 1.67. The van der Waals surface area contributed by atoms with Crippen molar-refractivity contribution in [2.45, 2.75) is 13.8 Å². The van der Waals surface area contributed by atoms with Gasteiger partial charge in [-0.2, -0.15) is 0 Å². The van der Waals surface area contributed by atoms with Crippen LogP contribution < -0.4 is 5.32 Å². The van der Waals surface area contributed by atoms with E-state index < -0.39 is 0 Å². The summed E-state index contributed by atoms with van der Waals surface area (Å²) >= 11 is 0. The topological polar surface area (TPSA) is 62.0 Å². The molecule has 92 valence electrons. The first kappa shape index (κ1) is 12.1. The first-order valence-corrected chi connectivity index (χ1v) is 5.62. The van der Waals surface area contributed by atoms with Crippen LogP contribution in [0.1, 0.15) is 32.0 Å². The van der Waals surface area contributed by atoms with Crippen molar-refractivity contribution in [3.05, 3.63) is 52.8 Å². The number of amides is 1. The Morgan fingerprint density at radius 3 is 2.72 bits per heavy atom. The molecule has 0 radical (unpaired) electrons. The van der Waals surface area contributed by atoms with Crippen LogP contribution in [-0.2, 0) is 0 Å². The summed E-state index contributed by atoms with van der Waals surface area (Å²) in [4.78, 5) is 25.3. The van der Waals surface area contributed by atoms with Crippen LogP contribution in [0.5, 0.6) is 0 Å². The van der Waals surface area contributed by atoms with Crippen molar-refractivity contribution in [1.29, 1.82) is 0 Å². The van der Waals surface area contributed by atoms with Gasteiger partial charge in [-0.05, 0) is 37.1 Å². The lowest BCUT2D eigenvalue weighted by atomic mass is 10.1. The minimum absolute atomic E-state index is 0.253. The van der Waals surface area contributed by atoms with Gasteiger partial charge in [-0.1, -0.05) is 12.1 Å².